The molecule has 0 radical (unpaired) electrons. The third kappa shape index (κ3) is 2.72. The first-order valence-electron chi connectivity index (χ1n) is 6.46. The molecule has 0 aromatic heterocycles. The lowest BCUT2D eigenvalue weighted by atomic mass is 9.97. The van der Waals surface area contributed by atoms with E-state index in [2.05, 4.69) is 25.7 Å². The van der Waals surface area contributed by atoms with E-state index in [1.165, 1.54) is 5.56 Å². The smallest absolute Gasteiger partial charge is 0.335 e. The summed E-state index contributed by atoms with van der Waals surface area (Å²) in [5, 5.41) is 8.88. The molecule has 0 amide bonds. The van der Waals surface area contributed by atoms with Crippen LogP contribution in [0.2, 0.25) is 0 Å². The summed E-state index contributed by atoms with van der Waals surface area (Å²) in [6.45, 7) is 8.90. The normalized spacial score (nSPS) is 21.2. The van der Waals surface area contributed by atoms with Gasteiger partial charge in [-0.15, -0.1) is 0 Å². The quantitative estimate of drug-likeness (QED) is 0.873. The number of carboxylic acids is 1. The molecule has 3 heteroatoms. The molecule has 98 valence electrons. The minimum absolute atomic E-state index is 0.218. The molecule has 1 aliphatic heterocycles. The van der Waals surface area contributed by atoms with Crippen LogP contribution >= 0.6 is 0 Å². The van der Waals surface area contributed by atoms with Gasteiger partial charge in [-0.3, -0.25) is 4.90 Å². The summed E-state index contributed by atoms with van der Waals surface area (Å²) in [5.41, 5.74) is 1.84. The molecule has 2 rings (SSSR count). The zero-order chi connectivity index (χ0) is 13.3. The van der Waals surface area contributed by atoms with Crippen LogP contribution in [0.3, 0.4) is 0 Å². The third-order valence-corrected chi connectivity index (χ3v) is 3.77. The molecule has 1 atom stereocenters. The molecule has 1 unspecified atom stereocenters. The van der Waals surface area contributed by atoms with Gasteiger partial charge in [0.25, 0.3) is 0 Å². The third-order valence-electron chi connectivity index (χ3n) is 3.77. The fourth-order valence-electron chi connectivity index (χ4n) is 2.54. The minimum Gasteiger partial charge on any atom is -0.478 e. The number of benzene rings is 1. The number of hydrogen-bond donors (Lipinski definition) is 1. The summed E-state index contributed by atoms with van der Waals surface area (Å²) < 4.78 is 0. The predicted octanol–water partition coefficient (Wildman–Crippen LogP) is 2.97. The maximum absolute atomic E-state index is 10.8. The monoisotopic (exact) mass is 247 g/mol. The highest BCUT2D eigenvalue weighted by atomic mass is 16.4. The molecule has 0 aliphatic carbocycles. The van der Waals surface area contributed by atoms with Gasteiger partial charge in [0, 0.05) is 12.1 Å². The van der Waals surface area contributed by atoms with Crippen molar-refractivity contribution in [3.8, 4) is 0 Å². The molecule has 0 bridgehead atoms. The first kappa shape index (κ1) is 13.1. The van der Waals surface area contributed by atoms with Crippen LogP contribution in [0.4, 0.5) is 0 Å². The van der Waals surface area contributed by atoms with E-state index < -0.39 is 5.97 Å². The lowest BCUT2D eigenvalue weighted by molar-refractivity contribution is 0.0697. The largest absolute Gasteiger partial charge is 0.478 e. The molecule has 0 saturated carbocycles. The number of likely N-dealkylation sites (tertiary alicyclic amines) is 1. The van der Waals surface area contributed by atoms with Crippen LogP contribution in [0, 0.1) is 0 Å². The number of carbonyl (C=O) groups is 1. The Kier molecular flexibility index (Phi) is 3.44. The van der Waals surface area contributed by atoms with Crippen molar-refractivity contribution in [2.75, 3.05) is 13.1 Å². The summed E-state index contributed by atoms with van der Waals surface area (Å²) in [6, 6.07) is 7.33. The van der Waals surface area contributed by atoms with Crippen molar-refractivity contribution in [1.82, 2.24) is 4.90 Å². The Labute approximate surface area is 108 Å². The van der Waals surface area contributed by atoms with E-state index in [0.29, 0.717) is 11.5 Å². The van der Waals surface area contributed by atoms with Crippen molar-refractivity contribution in [2.45, 2.75) is 38.6 Å². The van der Waals surface area contributed by atoms with Gasteiger partial charge in [-0.25, -0.2) is 4.79 Å². The minimum atomic E-state index is -0.857. The Morgan fingerprint density at radius 2 is 1.89 bits per heavy atom. The summed E-state index contributed by atoms with van der Waals surface area (Å²) in [7, 11) is 0. The second-order valence-corrected chi connectivity index (χ2v) is 6.03. The van der Waals surface area contributed by atoms with Gasteiger partial charge in [-0.1, -0.05) is 12.1 Å². The van der Waals surface area contributed by atoms with Gasteiger partial charge in [0.05, 0.1) is 5.56 Å². The molecule has 1 saturated heterocycles. The van der Waals surface area contributed by atoms with Crippen LogP contribution in [0.15, 0.2) is 24.3 Å². The zero-order valence-corrected chi connectivity index (χ0v) is 11.3. The van der Waals surface area contributed by atoms with E-state index >= 15 is 0 Å². The fraction of sp³-hybridized carbons (Fsp3) is 0.533. The Morgan fingerprint density at radius 1 is 1.28 bits per heavy atom. The molecule has 0 spiro atoms. The van der Waals surface area contributed by atoms with Crippen LogP contribution in [-0.4, -0.2) is 34.6 Å². The average molecular weight is 247 g/mol. The van der Waals surface area contributed by atoms with Crippen molar-refractivity contribution in [1.29, 1.82) is 0 Å². The maximum Gasteiger partial charge on any atom is 0.335 e. The van der Waals surface area contributed by atoms with Crippen molar-refractivity contribution in [3.05, 3.63) is 35.4 Å². The van der Waals surface area contributed by atoms with Gasteiger partial charge >= 0.3 is 5.97 Å². The SMILES string of the molecule is CC(C)(C)N1CCC(c2ccc(C(=O)O)cc2)C1. The van der Waals surface area contributed by atoms with Crippen LogP contribution < -0.4 is 0 Å². The number of carboxylic acid groups (broad SMARTS) is 1. The van der Waals surface area contributed by atoms with Crippen molar-refractivity contribution in [3.63, 3.8) is 0 Å². The van der Waals surface area contributed by atoms with Gasteiger partial charge in [-0.05, 0) is 57.4 Å². The van der Waals surface area contributed by atoms with Gasteiger partial charge in [-0.2, -0.15) is 0 Å². The van der Waals surface area contributed by atoms with Crippen LogP contribution in [0.1, 0.15) is 49.0 Å². The Hall–Kier alpha value is -1.35. The maximum atomic E-state index is 10.8. The number of rotatable bonds is 2. The fourth-order valence-corrected chi connectivity index (χ4v) is 2.54. The Bertz CT molecular complexity index is 431. The van der Waals surface area contributed by atoms with Crippen LogP contribution in [0.25, 0.3) is 0 Å². The molecule has 18 heavy (non-hydrogen) atoms. The highest BCUT2D eigenvalue weighted by molar-refractivity contribution is 5.87. The summed E-state index contributed by atoms with van der Waals surface area (Å²) >= 11 is 0. The van der Waals surface area contributed by atoms with E-state index in [0.717, 1.165) is 19.5 Å². The highest BCUT2D eigenvalue weighted by Crippen LogP contribution is 2.31. The number of nitrogens with zero attached hydrogens (tertiary/aromatic N) is 1. The first-order chi connectivity index (χ1) is 8.38. The molecular weight excluding hydrogens is 226 g/mol. The van der Waals surface area contributed by atoms with E-state index in [1.807, 2.05) is 12.1 Å². The Balaban J connectivity index is 2.08. The van der Waals surface area contributed by atoms with Crippen LogP contribution in [-0.2, 0) is 0 Å². The summed E-state index contributed by atoms with van der Waals surface area (Å²) in [5.74, 6) is -0.323. The Morgan fingerprint density at radius 3 is 2.33 bits per heavy atom. The molecule has 1 aromatic rings. The van der Waals surface area contributed by atoms with E-state index in [1.54, 1.807) is 12.1 Å². The molecule has 3 nitrogen and oxygen atoms in total. The van der Waals surface area contributed by atoms with Gasteiger partial charge in [0.2, 0.25) is 0 Å². The van der Waals surface area contributed by atoms with E-state index in [-0.39, 0.29) is 5.54 Å². The molecule has 1 fully saturated rings. The second-order valence-electron chi connectivity index (χ2n) is 6.03. The van der Waals surface area contributed by atoms with Crippen LogP contribution in [0.5, 0.6) is 0 Å². The summed E-state index contributed by atoms with van der Waals surface area (Å²) in [4.78, 5) is 13.3. The topological polar surface area (TPSA) is 40.5 Å². The molecular formula is C15H21NO2. The predicted molar refractivity (Wildman–Crippen MR) is 72.1 cm³/mol. The van der Waals surface area contributed by atoms with Gasteiger partial charge in [0.15, 0.2) is 0 Å². The van der Waals surface area contributed by atoms with Crippen molar-refractivity contribution in [2.24, 2.45) is 0 Å². The first-order valence-corrected chi connectivity index (χ1v) is 6.46. The highest BCUT2D eigenvalue weighted by Gasteiger charge is 2.30. The zero-order valence-electron chi connectivity index (χ0n) is 11.3. The average Bonchev–Trinajstić information content (AvgIpc) is 2.78. The van der Waals surface area contributed by atoms with E-state index in [9.17, 15) is 4.79 Å². The van der Waals surface area contributed by atoms with Crippen molar-refractivity contribution < 1.29 is 9.90 Å². The lowest BCUT2D eigenvalue weighted by Crippen LogP contribution is -2.39. The van der Waals surface area contributed by atoms with E-state index in [4.69, 9.17) is 5.11 Å². The van der Waals surface area contributed by atoms with Gasteiger partial charge in [0.1, 0.15) is 0 Å². The lowest BCUT2D eigenvalue weighted by Gasteiger charge is -2.31. The number of aromatic carboxylic acids is 1. The molecule has 1 N–H and O–H groups in total. The molecule has 1 heterocycles. The standard InChI is InChI=1S/C15H21NO2/c1-15(2,3)16-9-8-13(10-16)11-4-6-12(7-5-11)14(17)18/h4-7,13H,8-10H2,1-3H3,(H,17,18). The molecule has 1 aromatic carbocycles. The molecule has 1 aliphatic rings. The summed E-state index contributed by atoms with van der Waals surface area (Å²) in [6.07, 6.45) is 1.16. The second kappa shape index (κ2) is 4.73. The van der Waals surface area contributed by atoms with Crippen molar-refractivity contribution >= 4 is 5.97 Å². The number of hydrogen-bond acceptors (Lipinski definition) is 2. The van der Waals surface area contributed by atoms with Gasteiger partial charge < -0.3 is 5.11 Å².